The first-order valence-electron chi connectivity index (χ1n) is 6.57. The van der Waals surface area contributed by atoms with Gasteiger partial charge in [-0.1, -0.05) is 0 Å². The zero-order valence-electron chi connectivity index (χ0n) is 10.5. The third-order valence-electron chi connectivity index (χ3n) is 3.63. The van der Waals surface area contributed by atoms with Crippen LogP contribution >= 0.6 is 15.9 Å². The van der Waals surface area contributed by atoms with Crippen molar-refractivity contribution in [2.45, 2.75) is 25.4 Å². The second-order valence-corrected chi connectivity index (χ2v) is 5.82. The number of anilines is 1. The first-order chi connectivity index (χ1) is 9.22. The van der Waals surface area contributed by atoms with E-state index in [9.17, 15) is 4.79 Å². The number of pyridine rings is 1. The number of ether oxygens (including phenoxy) is 1. The molecular weight excluding hydrogens is 310 g/mol. The largest absolute Gasteiger partial charge is 0.477 e. The van der Waals surface area contributed by atoms with Crippen molar-refractivity contribution in [2.75, 3.05) is 18.4 Å². The molecule has 0 aromatic carbocycles. The normalized spacial score (nSPS) is 23.4. The van der Waals surface area contributed by atoms with Gasteiger partial charge in [0.2, 0.25) is 0 Å². The van der Waals surface area contributed by atoms with E-state index in [-0.39, 0.29) is 5.91 Å². The Bertz CT molecular complexity index is 489. The van der Waals surface area contributed by atoms with Crippen LogP contribution in [0.3, 0.4) is 0 Å². The van der Waals surface area contributed by atoms with Crippen LogP contribution in [0.25, 0.3) is 0 Å². The van der Waals surface area contributed by atoms with Gasteiger partial charge in [0.05, 0.1) is 0 Å². The molecule has 1 amide bonds. The molecule has 1 saturated heterocycles. The summed E-state index contributed by atoms with van der Waals surface area (Å²) in [6.07, 6.45) is 2.61. The van der Waals surface area contributed by atoms with E-state index < -0.39 is 6.10 Å². The van der Waals surface area contributed by atoms with E-state index in [2.05, 4.69) is 31.5 Å². The fourth-order valence-corrected chi connectivity index (χ4v) is 2.90. The van der Waals surface area contributed by atoms with Gasteiger partial charge in [-0.15, -0.1) is 0 Å². The highest BCUT2D eigenvalue weighted by Gasteiger charge is 2.31. The topological polar surface area (TPSA) is 63.2 Å². The molecule has 3 heterocycles. The molecule has 6 heteroatoms. The molecule has 0 bridgehead atoms. The van der Waals surface area contributed by atoms with Gasteiger partial charge in [0.15, 0.2) is 17.7 Å². The molecule has 0 saturated carbocycles. The average Bonchev–Trinajstić information content (AvgIpc) is 2.41. The van der Waals surface area contributed by atoms with Crippen molar-refractivity contribution < 1.29 is 9.53 Å². The lowest BCUT2D eigenvalue weighted by Gasteiger charge is -2.29. The Labute approximate surface area is 120 Å². The molecule has 1 unspecified atom stereocenters. The standard InChI is InChI=1S/C13H16BrN3O2/c14-11-2-1-9-12(16-11)17-13(18)10(19-9)7-8-3-5-15-6-4-8/h1-2,8,10,15H,3-7H2,(H,16,17,18). The summed E-state index contributed by atoms with van der Waals surface area (Å²) >= 11 is 3.28. The van der Waals surface area contributed by atoms with Crippen molar-refractivity contribution in [3.05, 3.63) is 16.7 Å². The lowest BCUT2D eigenvalue weighted by atomic mass is 9.91. The number of piperidine rings is 1. The van der Waals surface area contributed by atoms with Gasteiger partial charge in [0, 0.05) is 0 Å². The zero-order chi connectivity index (χ0) is 13.2. The second-order valence-electron chi connectivity index (χ2n) is 5.01. The number of hydrogen-bond acceptors (Lipinski definition) is 4. The maximum atomic E-state index is 12.0. The lowest BCUT2D eigenvalue weighted by Crippen LogP contribution is -2.40. The predicted octanol–water partition coefficient (Wildman–Crippen LogP) is 1.93. The SMILES string of the molecule is O=C1Nc2nc(Br)ccc2OC1CC1CCNCC1. The summed E-state index contributed by atoms with van der Waals surface area (Å²) in [5, 5.41) is 6.15. The number of carbonyl (C=O) groups excluding carboxylic acids is 1. The van der Waals surface area contributed by atoms with E-state index in [1.165, 1.54) is 0 Å². The average molecular weight is 326 g/mol. The number of nitrogens with zero attached hydrogens (tertiary/aromatic N) is 1. The van der Waals surface area contributed by atoms with Gasteiger partial charge < -0.3 is 15.4 Å². The van der Waals surface area contributed by atoms with Crippen molar-refractivity contribution in [1.29, 1.82) is 0 Å². The molecule has 1 fully saturated rings. The minimum Gasteiger partial charge on any atom is -0.477 e. The minimum atomic E-state index is -0.390. The van der Waals surface area contributed by atoms with E-state index in [1.807, 2.05) is 12.1 Å². The molecule has 2 N–H and O–H groups in total. The van der Waals surface area contributed by atoms with Gasteiger partial charge in [-0.3, -0.25) is 4.79 Å². The van der Waals surface area contributed by atoms with Crippen LogP contribution in [0.2, 0.25) is 0 Å². The summed E-state index contributed by atoms with van der Waals surface area (Å²) in [4.78, 5) is 16.2. The molecule has 5 nitrogen and oxygen atoms in total. The highest BCUT2D eigenvalue weighted by Crippen LogP contribution is 2.31. The third kappa shape index (κ3) is 2.90. The van der Waals surface area contributed by atoms with Crippen LogP contribution in [0.15, 0.2) is 16.7 Å². The fraction of sp³-hybridized carbons (Fsp3) is 0.538. The predicted molar refractivity (Wildman–Crippen MR) is 75.2 cm³/mol. The van der Waals surface area contributed by atoms with Gasteiger partial charge in [-0.2, -0.15) is 0 Å². The Kier molecular flexibility index (Phi) is 3.70. The molecule has 19 heavy (non-hydrogen) atoms. The molecule has 0 spiro atoms. The first-order valence-corrected chi connectivity index (χ1v) is 7.36. The number of hydrogen-bond donors (Lipinski definition) is 2. The van der Waals surface area contributed by atoms with Crippen LogP contribution in [0, 0.1) is 5.92 Å². The number of amides is 1. The van der Waals surface area contributed by atoms with E-state index in [4.69, 9.17) is 4.74 Å². The van der Waals surface area contributed by atoms with Crippen molar-refractivity contribution in [3.63, 3.8) is 0 Å². The van der Waals surface area contributed by atoms with E-state index in [1.54, 1.807) is 0 Å². The summed E-state index contributed by atoms with van der Waals surface area (Å²) in [6, 6.07) is 3.65. The highest BCUT2D eigenvalue weighted by molar-refractivity contribution is 9.10. The van der Waals surface area contributed by atoms with Crippen LogP contribution in [0.5, 0.6) is 5.75 Å². The van der Waals surface area contributed by atoms with Crippen molar-refractivity contribution in [2.24, 2.45) is 5.92 Å². The van der Waals surface area contributed by atoms with E-state index in [0.717, 1.165) is 32.4 Å². The van der Waals surface area contributed by atoms with Crippen LogP contribution in [0.1, 0.15) is 19.3 Å². The number of halogens is 1. The van der Waals surface area contributed by atoms with Gasteiger partial charge in [-0.25, -0.2) is 4.98 Å². The van der Waals surface area contributed by atoms with E-state index >= 15 is 0 Å². The molecule has 1 aromatic rings. The number of fused-ring (bicyclic) bond motifs is 1. The zero-order valence-corrected chi connectivity index (χ0v) is 12.1. The highest BCUT2D eigenvalue weighted by atomic mass is 79.9. The Hall–Kier alpha value is -1.14. The van der Waals surface area contributed by atoms with Crippen LogP contribution < -0.4 is 15.4 Å². The summed E-state index contributed by atoms with van der Waals surface area (Å²) in [5.74, 6) is 1.63. The second kappa shape index (κ2) is 5.46. The van der Waals surface area contributed by atoms with Gasteiger partial charge in [-0.05, 0) is 66.3 Å². The Morgan fingerprint density at radius 1 is 1.37 bits per heavy atom. The summed E-state index contributed by atoms with van der Waals surface area (Å²) in [7, 11) is 0. The molecule has 0 radical (unpaired) electrons. The lowest BCUT2D eigenvalue weighted by molar-refractivity contribution is -0.124. The Balaban J connectivity index is 1.70. The number of aromatic nitrogens is 1. The fourth-order valence-electron chi connectivity index (χ4n) is 2.59. The monoisotopic (exact) mass is 325 g/mol. The molecule has 1 aromatic heterocycles. The molecule has 1 atom stereocenters. The first kappa shape index (κ1) is 12.9. The van der Waals surface area contributed by atoms with Crippen molar-refractivity contribution in [3.8, 4) is 5.75 Å². The number of carbonyl (C=O) groups is 1. The molecule has 2 aliphatic rings. The van der Waals surface area contributed by atoms with Crippen LogP contribution in [0.4, 0.5) is 5.82 Å². The van der Waals surface area contributed by atoms with Gasteiger partial charge in [0.1, 0.15) is 4.60 Å². The smallest absolute Gasteiger partial charge is 0.266 e. The molecular formula is C13H16BrN3O2. The summed E-state index contributed by atoms with van der Waals surface area (Å²) < 4.78 is 6.47. The van der Waals surface area contributed by atoms with Crippen molar-refractivity contribution in [1.82, 2.24) is 10.3 Å². The van der Waals surface area contributed by atoms with Gasteiger partial charge >= 0.3 is 0 Å². The molecule has 3 rings (SSSR count). The minimum absolute atomic E-state index is 0.0865. The summed E-state index contributed by atoms with van der Waals surface area (Å²) in [5.41, 5.74) is 0. The maximum Gasteiger partial charge on any atom is 0.266 e. The van der Waals surface area contributed by atoms with Crippen LogP contribution in [-0.2, 0) is 4.79 Å². The summed E-state index contributed by atoms with van der Waals surface area (Å²) in [6.45, 7) is 2.06. The van der Waals surface area contributed by atoms with E-state index in [0.29, 0.717) is 22.1 Å². The molecule has 0 aliphatic carbocycles. The molecule has 102 valence electrons. The number of nitrogens with one attached hydrogen (secondary N) is 2. The van der Waals surface area contributed by atoms with Gasteiger partial charge in [0.25, 0.3) is 5.91 Å². The molecule has 2 aliphatic heterocycles. The van der Waals surface area contributed by atoms with Crippen LogP contribution in [-0.4, -0.2) is 30.1 Å². The Morgan fingerprint density at radius 2 is 2.16 bits per heavy atom. The Morgan fingerprint density at radius 3 is 2.95 bits per heavy atom. The quantitative estimate of drug-likeness (QED) is 0.816. The van der Waals surface area contributed by atoms with Crippen molar-refractivity contribution >= 4 is 27.7 Å². The number of rotatable bonds is 2. The third-order valence-corrected chi connectivity index (χ3v) is 4.08. The maximum absolute atomic E-state index is 12.0.